The number of aliphatic hydroxyl groups excluding tert-OH is 1. The van der Waals surface area contributed by atoms with Crippen molar-refractivity contribution in [2.75, 3.05) is 0 Å². The Kier molecular flexibility index (Phi) is 6.46. The standard InChI is InChI=1S/C16H32N2O2/c1-11(2)8-14(19)17-12-6-7-13(9-12)18-15(20)10-16(3,4)5/h11-13,15,18,20H,6-10H2,1-5H3,(H,17,19)/t12-,13+,15?/m0/s1. The molecule has 0 aromatic carbocycles. The van der Waals surface area contributed by atoms with E-state index >= 15 is 0 Å². The molecule has 4 heteroatoms. The second-order valence-electron chi connectivity index (χ2n) is 7.82. The van der Waals surface area contributed by atoms with Gasteiger partial charge in [0.25, 0.3) is 0 Å². The second kappa shape index (κ2) is 7.41. The molecule has 0 spiro atoms. The zero-order valence-electron chi connectivity index (χ0n) is 13.7. The van der Waals surface area contributed by atoms with Gasteiger partial charge in [0.05, 0.1) is 0 Å². The molecule has 0 aromatic rings. The molecule has 3 atom stereocenters. The Balaban J connectivity index is 2.28. The van der Waals surface area contributed by atoms with Gasteiger partial charge in [-0.3, -0.25) is 10.1 Å². The van der Waals surface area contributed by atoms with Crippen LogP contribution in [0.4, 0.5) is 0 Å². The highest BCUT2D eigenvalue weighted by Gasteiger charge is 2.28. The first-order valence-electron chi connectivity index (χ1n) is 7.89. The fourth-order valence-electron chi connectivity index (χ4n) is 2.83. The molecule has 0 aliphatic heterocycles. The molecule has 1 aliphatic carbocycles. The zero-order valence-corrected chi connectivity index (χ0v) is 13.7. The summed E-state index contributed by atoms with van der Waals surface area (Å²) in [6.45, 7) is 10.5. The van der Waals surface area contributed by atoms with E-state index in [4.69, 9.17) is 0 Å². The van der Waals surface area contributed by atoms with Crippen molar-refractivity contribution >= 4 is 5.91 Å². The Morgan fingerprint density at radius 1 is 1.25 bits per heavy atom. The predicted molar refractivity (Wildman–Crippen MR) is 82.2 cm³/mol. The Morgan fingerprint density at radius 3 is 2.40 bits per heavy atom. The average molecular weight is 284 g/mol. The van der Waals surface area contributed by atoms with Crippen LogP contribution in [0, 0.1) is 11.3 Å². The van der Waals surface area contributed by atoms with Gasteiger partial charge in [0.15, 0.2) is 0 Å². The smallest absolute Gasteiger partial charge is 0.220 e. The van der Waals surface area contributed by atoms with Gasteiger partial charge in [-0.1, -0.05) is 34.6 Å². The van der Waals surface area contributed by atoms with Crippen molar-refractivity contribution in [3.8, 4) is 0 Å². The SMILES string of the molecule is CC(C)CC(=O)N[C@H]1CC[C@@H](NC(O)CC(C)(C)C)C1. The summed E-state index contributed by atoms with van der Waals surface area (Å²) < 4.78 is 0. The maximum Gasteiger partial charge on any atom is 0.220 e. The summed E-state index contributed by atoms with van der Waals surface area (Å²) in [7, 11) is 0. The van der Waals surface area contributed by atoms with Crippen LogP contribution in [0.3, 0.4) is 0 Å². The fraction of sp³-hybridized carbons (Fsp3) is 0.938. The van der Waals surface area contributed by atoms with E-state index in [1.54, 1.807) is 0 Å². The fourth-order valence-corrected chi connectivity index (χ4v) is 2.83. The van der Waals surface area contributed by atoms with Gasteiger partial charge in [-0.2, -0.15) is 0 Å². The van der Waals surface area contributed by atoms with Gasteiger partial charge >= 0.3 is 0 Å². The van der Waals surface area contributed by atoms with E-state index < -0.39 is 6.23 Å². The third kappa shape index (κ3) is 7.25. The van der Waals surface area contributed by atoms with Gasteiger partial charge in [0, 0.05) is 18.5 Å². The van der Waals surface area contributed by atoms with Gasteiger partial charge in [0.2, 0.25) is 5.91 Å². The highest BCUT2D eigenvalue weighted by Crippen LogP contribution is 2.23. The minimum Gasteiger partial charge on any atom is -0.379 e. The van der Waals surface area contributed by atoms with Crippen LogP contribution in [-0.2, 0) is 4.79 Å². The van der Waals surface area contributed by atoms with E-state index in [0.29, 0.717) is 18.4 Å². The number of rotatable bonds is 6. The monoisotopic (exact) mass is 284 g/mol. The molecule has 1 unspecified atom stereocenters. The minimum atomic E-state index is -0.454. The summed E-state index contributed by atoms with van der Waals surface area (Å²) in [6.07, 6.45) is 3.84. The molecule has 118 valence electrons. The van der Waals surface area contributed by atoms with Crippen LogP contribution in [0.1, 0.15) is 66.7 Å². The molecule has 20 heavy (non-hydrogen) atoms. The Bertz CT molecular complexity index is 310. The third-order valence-electron chi connectivity index (χ3n) is 3.63. The van der Waals surface area contributed by atoms with Crippen LogP contribution in [0.25, 0.3) is 0 Å². The van der Waals surface area contributed by atoms with Crippen LogP contribution in [-0.4, -0.2) is 29.3 Å². The molecular formula is C16H32N2O2. The van der Waals surface area contributed by atoms with Crippen molar-refractivity contribution in [1.29, 1.82) is 0 Å². The molecule has 4 nitrogen and oxygen atoms in total. The summed E-state index contributed by atoms with van der Waals surface area (Å²) in [6, 6.07) is 0.581. The predicted octanol–water partition coefficient (Wildman–Crippen LogP) is 2.41. The zero-order chi connectivity index (χ0) is 15.3. The topological polar surface area (TPSA) is 61.4 Å². The number of amides is 1. The first-order chi connectivity index (χ1) is 9.15. The first kappa shape index (κ1) is 17.4. The van der Waals surface area contributed by atoms with E-state index in [1.165, 1.54) is 0 Å². The molecule has 1 amide bonds. The molecule has 0 saturated heterocycles. The minimum absolute atomic E-state index is 0.121. The highest BCUT2D eigenvalue weighted by atomic mass is 16.3. The van der Waals surface area contributed by atoms with Gasteiger partial charge in [0.1, 0.15) is 6.23 Å². The van der Waals surface area contributed by atoms with Crippen molar-refractivity contribution < 1.29 is 9.90 Å². The van der Waals surface area contributed by atoms with Crippen LogP contribution >= 0.6 is 0 Å². The molecule has 0 aromatic heterocycles. The quantitative estimate of drug-likeness (QED) is 0.656. The van der Waals surface area contributed by atoms with Crippen molar-refractivity contribution in [2.45, 2.75) is 85.0 Å². The van der Waals surface area contributed by atoms with Gasteiger partial charge in [-0.15, -0.1) is 0 Å². The van der Waals surface area contributed by atoms with Crippen LogP contribution < -0.4 is 10.6 Å². The second-order valence-corrected chi connectivity index (χ2v) is 7.82. The van der Waals surface area contributed by atoms with Crippen molar-refractivity contribution in [2.24, 2.45) is 11.3 Å². The van der Waals surface area contributed by atoms with Gasteiger partial charge in [-0.25, -0.2) is 0 Å². The first-order valence-corrected chi connectivity index (χ1v) is 7.89. The Labute approximate surface area is 123 Å². The number of aliphatic hydroxyl groups is 1. The summed E-state index contributed by atoms with van der Waals surface area (Å²) >= 11 is 0. The van der Waals surface area contributed by atoms with Crippen LogP contribution in [0.5, 0.6) is 0 Å². The summed E-state index contributed by atoms with van der Waals surface area (Å²) in [4.78, 5) is 11.7. The Morgan fingerprint density at radius 2 is 1.85 bits per heavy atom. The number of carbonyl (C=O) groups is 1. The molecule has 0 heterocycles. The largest absolute Gasteiger partial charge is 0.379 e. The van der Waals surface area contributed by atoms with E-state index in [-0.39, 0.29) is 17.4 Å². The van der Waals surface area contributed by atoms with E-state index in [0.717, 1.165) is 25.7 Å². The number of carbonyl (C=O) groups excluding carboxylic acids is 1. The highest BCUT2D eigenvalue weighted by molar-refractivity contribution is 5.76. The molecule has 3 N–H and O–H groups in total. The lowest BCUT2D eigenvalue weighted by Crippen LogP contribution is -2.40. The maximum absolute atomic E-state index is 11.7. The normalized spacial score (nSPS) is 24.9. The van der Waals surface area contributed by atoms with Crippen molar-refractivity contribution in [3.63, 3.8) is 0 Å². The summed E-state index contributed by atoms with van der Waals surface area (Å²) in [5.74, 6) is 0.555. The summed E-state index contributed by atoms with van der Waals surface area (Å²) in [5, 5.41) is 16.4. The van der Waals surface area contributed by atoms with Gasteiger partial charge in [-0.05, 0) is 37.0 Å². The van der Waals surface area contributed by atoms with Gasteiger partial charge < -0.3 is 10.4 Å². The van der Waals surface area contributed by atoms with E-state index in [9.17, 15) is 9.90 Å². The average Bonchev–Trinajstić information content (AvgIpc) is 2.60. The Hall–Kier alpha value is -0.610. The molecule has 0 radical (unpaired) electrons. The number of hydrogen-bond donors (Lipinski definition) is 3. The lowest BCUT2D eigenvalue weighted by atomic mass is 9.91. The third-order valence-corrected chi connectivity index (χ3v) is 3.63. The molecule has 0 bridgehead atoms. The molecule has 1 rings (SSSR count). The van der Waals surface area contributed by atoms with E-state index in [2.05, 4.69) is 45.3 Å². The van der Waals surface area contributed by atoms with Crippen LogP contribution in [0.2, 0.25) is 0 Å². The molecular weight excluding hydrogens is 252 g/mol. The van der Waals surface area contributed by atoms with Crippen LogP contribution in [0.15, 0.2) is 0 Å². The number of nitrogens with one attached hydrogen (secondary N) is 2. The number of hydrogen-bond acceptors (Lipinski definition) is 3. The molecule has 1 fully saturated rings. The lowest BCUT2D eigenvalue weighted by molar-refractivity contribution is -0.122. The molecule has 1 saturated carbocycles. The van der Waals surface area contributed by atoms with Crippen molar-refractivity contribution in [3.05, 3.63) is 0 Å². The lowest BCUT2D eigenvalue weighted by Gasteiger charge is -2.25. The summed E-state index contributed by atoms with van der Waals surface area (Å²) in [5.41, 5.74) is 0.121. The van der Waals surface area contributed by atoms with Crippen molar-refractivity contribution in [1.82, 2.24) is 10.6 Å². The van der Waals surface area contributed by atoms with E-state index in [1.807, 2.05) is 0 Å². The maximum atomic E-state index is 11.7. The molecule has 1 aliphatic rings.